The van der Waals surface area contributed by atoms with Crippen LogP contribution >= 0.6 is 0 Å². The largest absolute Gasteiger partial charge is 0.504 e. The molecule has 7 heteroatoms. The Bertz CT molecular complexity index is 564. The van der Waals surface area contributed by atoms with Crippen LogP contribution in [0, 0.1) is 0 Å². The summed E-state index contributed by atoms with van der Waals surface area (Å²) in [5.74, 6) is -0.982. The predicted octanol–water partition coefficient (Wildman–Crippen LogP) is 2.10. The Morgan fingerprint density at radius 1 is 1.22 bits per heavy atom. The van der Waals surface area contributed by atoms with E-state index in [1.54, 1.807) is 26.8 Å². The zero-order chi connectivity index (χ0) is 17.6. The van der Waals surface area contributed by atoms with E-state index in [0.29, 0.717) is 5.56 Å². The highest BCUT2D eigenvalue weighted by atomic mass is 16.6. The molecule has 0 aliphatic carbocycles. The number of carbonyl (C=O) groups excluding carboxylic acids is 2. The van der Waals surface area contributed by atoms with Gasteiger partial charge in [-0.2, -0.15) is 0 Å². The molecule has 1 aromatic rings. The number of methoxy groups -OCH3 is 1. The summed E-state index contributed by atoms with van der Waals surface area (Å²) < 4.78 is 9.80. The van der Waals surface area contributed by atoms with Gasteiger partial charge in [-0.3, -0.25) is 4.79 Å². The van der Waals surface area contributed by atoms with Crippen molar-refractivity contribution in [2.75, 3.05) is 7.11 Å². The molecule has 0 aliphatic heterocycles. The van der Waals surface area contributed by atoms with Crippen molar-refractivity contribution in [3.63, 3.8) is 0 Å². The highest BCUT2D eigenvalue weighted by Crippen LogP contribution is 2.25. The number of hydrogen-bond donors (Lipinski definition) is 3. The third-order valence-corrected chi connectivity index (χ3v) is 2.88. The third kappa shape index (κ3) is 6.90. The molecule has 0 unspecified atom stereocenters. The standard InChI is InChI=1S/C16H23NO6/c1-16(2,3)23-15(21)17-11(9-14(20)22-4)7-10-5-6-12(18)13(19)8-10/h5-6,8,11,18-19H,7,9H2,1-4H3,(H,17,21)/t11-/m0/s1. The molecule has 7 nitrogen and oxygen atoms in total. The van der Waals surface area contributed by atoms with Crippen molar-refractivity contribution in [1.82, 2.24) is 5.32 Å². The monoisotopic (exact) mass is 325 g/mol. The second kappa shape index (κ2) is 7.71. The maximum absolute atomic E-state index is 11.9. The van der Waals surface area contributed by atoms with Gasteiger partial charge in [0.2, 0.25) is 0 Å². The summed E-state index contributed by atoms with van der Waals surface area (Å²) in [6.07, 6.45) is -0.422. The van der Waals surface area contributed by atoms with Gasteiger partial charge in [-0.15, -0.1) is 0 Å². The first-order valence-corrected chi connectivity index (χ1v) is 7.18. The highest BCUT2D eigenvalue weighted by Gasteiger charge is 2.22. The molecule has 0 radical (unpaired) electrons. The first kappa shape index (κ1) is 18.6. The van der Waals surface area contributed by atoms with Crippen molar-refractivity contribution in [3.8, 4) is 11.5 Å². The van der Waals surface area contributed by atoms with E-state index >= 15 is 0 Å². The van der Waals surface area contributed by atoms with Gasteiger partial charge in [0.25, 0.3) is 0 Å². The smallest absolute Gasteiger partial charge is 0.407 e. The van der Waals surface area contributed by atoms with Crippen LogP contribution in [0.15, 0.2) is 18.2 Å². The summed E-state index contributed by atoms with van der Waals surface area (Å²) in [7, 11) is 1.26. The zero-order valence-corrected chi connectivity index (χ0v) is 13.8. The minimum atomic E-state index is -0.656. The van der Waals surface area contributed by atoms with Crippen LogP contribution in [0.4, 0.5) is 4.79 Å². The van der Waals surface area contributed by atoms with Crippen LogP contribution in [0.3, 0.4) is 0 Å². The summed E-state index contributed by atoms with van der Waals surface area (Å²) in [5.41, 5.74) is -0.0123. The average Bonchev–Trinajstić information content (AvgIpc) is 2.40. The number of amides is 1. The average molecular weight is 325 g/mol. The van der Waals surface area contributed by atoms with Gasteiger partial charge in [0.1, 0.15) is 5.60 Å². The number of nitrogens with one attached hydrogen (secondary N) is 1. The molecule has 0 aliphatic rings. The number of rotatable bonds is 5. The Hall–Kier alpha value is -2.44. The first-order valence-electron chi connectivity index (χ1n) is 7.18. The van der Waals surface area contributed by atoms with E-state index in [2.05, 4.69) is 10.1 Å². The Morgan fingerprint density at radius 3 is 2.39 bits per heavy atom. The lowest BCUT2D eigenvalue weighted by Gasteiger charge is -2.23. The number of phenols is 2. The van der Waals surface area contributed by atoms with Gasteiger partial charge >= 0.3 is 12.1 Å². The van der Waals surface area contributed by atoms with Crippen molar-refractivity contribution in [3.05, 3.63) is 23.8 Å². The lowest BCUT2D eigenvalue weighted by atomic mass is 10.0. The number of alkyl carbamates (subject to hydrolysis) is 1. The minimum absolute atomic E-state index is 0.0443. The fourth-order valence-electron chi connectivity index (χ4n) is 1.91. The minimum Gasteiger partial charge on any atom is -0.504 e. The number of esters is 1. The van der Waals surface area contributed by atoms with E-state index in [1.165, 1.54) is 19.2 Å². The number of carbonyl (C=O) groups is 2. The maximum Gasteiger partial charge on any atom is 0.407 e. The molecule has 3 N–H and O–H groups in total. The number of aromatic hydroxyl groups is 2. The van der Waals surface area contributed by atoms with Crippen molar-refractivity contribution in [1.29, 1.82) is 0 Å². The van der Waals surface area contributed by atoms with Gasteiger partial charge in [0.05, 0.1) is 13.5 Å². The second-order valence-electron chi connectivity index (χ2n) is 6.15. The Labute approximate surface area is 135 Å². The van der Waals surface area contributed by atoms with Gasteiger partial charge in [0.15, 0.2) is 11.5 Å². The molecular formula is C16H23NO6. The van der Waals surface area contributed by atoms with Crippen LogP contribution in [-0.2, 0) is 20.7 Å². The van der Waals surface area contributed by atoms with Gasteiger partial charge in [-0.05, 0) is 44.9 Å². The number of phenolic OH excluding ortho intramolecular Hbond substituents is 2. The first-order chi connectivity index (χ1) is 10.6. The van der Waals surface area contributed by atoms with E-state index in [-0.39, 0.29) is 24.3 Å². The summed E-state index contributed by atoms with van der Waals surface area (Å²) in [5, 5.41) is 21.5. The van der Waals surface area contributed by atoms with Gasteiger partial charge in [0, 0.05) is 6.04 Å². The van der Waals surface area contributed by atoms with E-state index in [0.717, 1.165) is 0 Å². The lowest BCUT2D eigenvalue weighted by molar-refractivity contribution is -0.141. The fourth-order valence-corrected chi connectivity index (χ4v) is 1.91. The zero-order valence-electron chi connectivity index (χ0n) is 13.8. The van der Waals surface area contributed by atoms with E-state index < -0.39 is 23.7 Å². The van der Waals surface area contributed by atoms with E-state index in [1.807, 2.05) is 0 Å². The Kier molecular flexibility index (Phi) is 6.24. The Balaban J connectivity index is 2.81. The fraction of sp³-hybridized carbons (Fsp3) is 0.500. The van der Waals surface area contributed by atoms with E-state index in [4.69, 9.17) is 4.74 Å². The SMILES string of the molecule is COC(=O)C[C@H](Cc1ccc(O)c(O)c1)NC(=O)OC(C)(C)C. The van der Waals surface area contributed by atoms with E-state index in [9.17, 15) is 19.8 Å². The number of ether oxygens (including phenoxy) is 2. The molecule has 128 valence electrons. The molecular weight excluding hydrogens is 302 g/mol. The maximum atomic E-state index is 11.9. The molecule has 0 heterocycles. The van der Waals surface area contributed by atoms with Gasteiger partial charge in [-0.1, -0.05) is 6.07 Å². The molecule has 23 heavy (non-hydrogen) atoms. The molecule has 0 aromatic heterocycles. The van der Waals surface area contributed by atoms with Crippen LogP contribution < -0.4 is 5.32 Å². The molecule has 1 aromatic carbocycles. The van der Waals surface area contributed by atoms with Crippen LogP contribution in [-0.4, -0.2) is 41.0 Å². The molecule has 0 spiro atoms. The molecule has 0 bridgehead atoms. The highest BCUT2D eigenvalue weighted by molar-refractivity contribution is 5.73. The predicted molar refractivity (Wildman–Crippen MR) is 83.3 cm³/mol. The molecule has 1 atom stereocenters. The van der Waals surface area contributed by atoms with Crippen molar-refractivity contribution >= 4 is 12.1 Å². The molecule has 0 saturated heterocycles. The normalized spacial score (nSPS) is 12.3. The van der Waals surface area contributed by atoms with Gasteiger partial charge < -0.3 is 25.0 Å². The Morgan fingerprint density at radius 2 is 1.87 bits per heavy atom. The summed E-state index contributed by atoms with van der Waals surface area (Å²) in [6, 6.07) is 3.74. The van der Waals surface area contributed by atoms with Crippen LogP contribution in [0.5, 0.6) is 11.5 Å². The molecule has 0 saturated carbocycles. The van der Waals surface area contributed by atoms with Crippen LogP contribution in [0.1, 0.15) is 32.8 Å². The van der Waals surface area contributed by atoms with Crippen LogP contribution in [0.2, 0.25) is 0 Å². The van der Waals surface area contributed by atoms with Crippen molar-refractivity contribution < 1.29 is 29.3 Å². The molecule has 1 rings (SSSR count). The lowest BCUT2D eigenvalue weighted by Crippen LogP contribution is -2.41. The van der Waals surface area contributed by atoms with Crippen molar-refractivity contribution in [2.24, 2.45) is 0 Å². The number of hydrogen-bond acceptors (Lipinski definition) is 6. The summed E-state index contributed by atoms with van der Waals surface area (Å²) in [4.78, 5) is 23.4. The quantitative estimate of drug-likeness (QED) is 0.565. The number of benzene rings is 1. The second-order valence-corrected chi connectivity index (χ2v) is 6.15. The van der Waals surface area contributed by atoms with Crippen LogP contribution in [0.25, 0.3) is 0 Å². The third-order valence-electron chi connectivity index (χ3n) is 2.88. The van der Waals surface area contributed by atoms with Crippen molar-refractivity contribution in [2.45, 2.75) is 45.3 Å². The molecule has 0 fully saturated rings. The molecule has 1 amide bonds. The summed E-state index contributed by atoms with van der Waals surface area (Å²) >= 11 is 0. The topological polar surface area (TPSA) is 105 Å². The van der Waals surface area contributed by atoms with Gasteiger partial charge in [-0.25, -0.2) is 4.79 Å². The summed E-state index contributed by atoms with van der Waals surface area (Å²) in [6.45, 7) is 5.21.